The van der Waals surface area contributed by atoms with Crippen LogP contribution in [0, 0.1) is 5.92 Å². The average Bonchev–Trinajstić information content (AvgIpc) is 3.15. The Labute approximate surface area is 135 Å². The molecule has 1 aliphatic heterocycles. The Morgan fingerprint density at radius 1 is 1.32 bits per heavy atom. The molecule has 7 heteroatoms. The molecule has 2 amide bonds. The fraction of sp³-hybridized carbons (Fsp3) is 0.400. The fourth-order valence-corrected chi connectivity index (χ4v) is 3.14. The molecule has 2 N–H and O–H groups in total. The number of aliphatic carboxylic acids is 1. The van der Waals surface area contributed by atoms with Crippen LogP contribution in [0.1, 0.15) is 19.3 Å². The smallest absolute Gasteiger partial charge is 0.329 e. The number of anilines is 1. The van der Waals surface area contributed by atoms with Crippen molar-refractivity contribution < 1.29 is 19.5 Å². The highest BCUT2D eigenvalue weighted by molar-refractivity contribution is 9.10. The lowest BCUT2D eigenvalue weighted by Gasteiger charge is -2.19. The van der Waals surface area contributed by atoms with E-state index in [9.17, 15) is 14.4 Å². The molecule has 1 heterocycles. The molecule has 1 aromatic rings. The van der Waals surface area contributed by atoms with E-state index in [2.05, 4.69) is 21.2 Å². The summed E-state index contributed by atoms with van der Waals surface area (Å²) < 4.78 is 0.786. The summed E-state index contributed by atoms with van der Waals surface area (Å²) in [5.74, 6) is -2.01. The molecule has 1 saturated heterocycles. The van der Waals surface area contributed by atoms with E-state index >= 15 is 0 Å². The summed E-state index contributed by atoms with van der Waals surface area (Å²) in [5.41, 5.74) is -0.386. The zero-order chi connectivity index (χ0) is 15.9. The molecule has 2 aliphatic rings. The van der Waals surface area contributed by atoms with Gasteiger partial charge in [0.05, 0.1) is 11.6 Å². The number of nitrogens with one attached hydrogen (secondary N) is 1. The maximum atomic E-state index is 12.2. The van der Waals surface area contributed by atoms with Crippen LogP contribution in [0.3, 0.4) is 0 Å². The molecule has 2 fully saturated rings. The highest BCUT2D eigenvalue weighted by Crippen LogP contribution is 2.37. The second-order valence-corrected chi connectivity index (χ2v) is 6.59. The number of halogens is 1. The summed E-state index contributed by atoms with van der Waals surface area (Å²) >= 11 is 3.40. The summed E-state index contributed by atoms with van der Waals surface area (Å²) in [7, 11) is 0. The molecule has 0 spiro atoms. The van der Waals surface area contributed by atoms with Crippen molar-refractivity contribution in [1.82, 2.24) is 5.32 Å². The number of nitrogens with zero attached hydrogens (tertiary/aromatic N) is 1. The number of carbonyl (C=O) groups is 3. The first-order valence-electron chi connectivity index (χ1n) is 7.03. The Kier molecular flexibility index (Phi) is 3.68. The number of carbonyl (C=O) groups excluding carboxylic acids is 2. The molecule has 0 bridgehead atoms. The zero-order valence-electron chi connectivity index (χ0n) is 11.7. The zero-order valence-corrected chi connectivity index (χ0v) is 13.3. The third-order valence-corrected chi connectivity index (χ3v) is 4.83. The van der Waals surface area contributed by atoms with Crippen LogP contribution in [0.25, 0.3) is 0 Å². The van der Waals surface area contributed by atoms with Crippen molar-refractivity contribution in [2.75, 3.05) is 11.4 Å². The van der Waals surface area contributed by atoms with Gasteiger partial charge >= 0.3 is 5.97 Å². The standard InChI is InChI=1S/C15H15BrN2O4/c16-10-3-1-2-4-11(10)18-8-9(7-12(18)19)13(20)17-15(5-6-15)14(21)22/h1-4,9H,5-8H2,(H,17,20)(H,21,22). The van der Waals surface area contributed by atoms with Crippen molar-refractivity contribution in [3.05, 3.63) is 28.7 Å². The van der Waals surface area contributed by atoms with Gasteiger partial charge in [0, 0.05) is 17.4 Å². The average molecular weight is 367 g/mol. The Bertz CT molecular complexity index is 657. The molecule has 0 aromatic heterocycles. The minimum Gasteiger partial charge on any atom is -0.480 e. The van der Waals surface area contributed by atoms with Crippen LogP contribution >= 0.6 is 15.9 Å². The van der Waals surface area contributed by atoms with Gasteiger partial charge in [-0.05, 0) is 40.9 Å². The van der Waals surface area contributed by atoms with E-state index in [1.807, 2.05) is 24.3 Å². The number of carboxylic acids is 1. The number of hydrogen-bond acceptors (Lipinski definition) is 3. The fourth-order valence-electron chi connectivity index (χ4n) is 2.64. The number of amides is 2. The quantitative estimate of drug-likeness (QED) is 0.845. The third kappa shape index (κ3) is 2.61. The van der Waals surface area contributed by atoms with Crippen LogP contribution < -0.4 is 10.2 Å². The van der Waals surface area contributed by atoms with E-state index < -0.39 is 17.4 Å². The third-order valence-electron chi connectivity index (χ3n) is 4.16. The predicted molar refractivity (Wildman–Crippen MR) is 82.3 cm³/mol. The second-order valence-electron chi connectivity index (χ2n) is 5.73. The summed E-state index contributed by atoms with van der Waals surface area (Å²) in [6, 6.07) is 7.31. The van der Waals surface area contributed by atoms with Gasteiger partial charge in [-0.3, -0.25) is 9.59 Å². The Morgan fingerprint density at radius 3 is 2.59 bits per heavy atom. The van der Waals surface area contributed by atoms with Crippen molar-refractivity contribution in [2.45, 2.75) is 24.8 Å². The first-order valence-corrected chi connectivity index (χ1v) is 7.82. The van der Waals surface area contributed by atoms with Crippen LogP contribution in [-0.4, -0.2) is 35.0 Å². The van der Waals surface area contributed by atoms with Crippen molar-refractivity contribution >= 4 is 39.4 Å². The van der Waals surface area contributed by atoms with Crippen molar-refractivity contribution in [2.24, 2.45) is 5.92 Å². The molecule has 0 radical (unpaired) electrons. The van der Waals surface area contributed by atoms with E-state index in [0.717, 1.165) is 10.2 Å². The van der Waals surface area contributed by atoms with Gasteiger partial charge < -0.3 is 15.3 Å². The molecule has 1 aromatic carbocycles. The second kappa shape index (κ2) is 5.39. The Balaban J connectivity index is 1.71. The van der Waals surface area contributed by atoms with Gasteiger partial charge in [-0.1, -0.05) is 12.1 Å². The van der Waals surface area contributed by atoms with Crippen molar-refractivity contribution in [3.63, 3.8) is 0 Å². The molecule has 1 aliphatic carbocycles. The van der Waals surface area contributed by atoms with Gasteiger partial charge in [-0.25, -0.2) is 4.79 Å². The molecule has 6 nitrogen and oxygen atoms in total. The molecule has 3 rings (SSSR count). The van der Waals surface area contributed by atoms with Gasteiger partial charge in [0.2, 0.25) is 11.8 Å². The van der Waals surface area contributed by atoms with Gasteiger partial charge in [-0.15, -0.1) is 0 Å². The Hall–Kier alpha value is -1.89. The first-order chi connectivity index (χ1) is 10.4. The van der Waals surface area contributed by atoms with Gasteiger partial charge in [0.25, 0.3) is 0 Å². The minimum atomic E-state index is -1.11. The predicted octanol–water partition coefficient (Wildman–Crippen LogP) is 1.54. The summed E-state index contributed by atoms with van der Waals surface area (Å²) in [4.78, 5) is 37.1. The van der Waals surface area contributed by atoms with E-state index in [1.165, 1.54) is 0 Å². The van der Waals surface area contributed by atoms with E-state index in [0.29, 0.717) is 12.8 Å². The number of carboxylic acid groups (broad SMARTS) is 1. The van der Waals surface area contributed by atoms with Crippen LogP contribution in [0.2, 0.25) is 0 Å². The topological polar surface area (TPSA) is 86.7 Å². The number of benzene rings is 1. The van der Waals surface area contributed by atoms with Gasteiger partial charge in [0.15, 0.2) is 0 Å². The highest BCUT2D eigenvalue weighted by Gasteiger charge is 2.52. The molecule has 22 heavy (non-hydrogen) atoms. The lowest BCUT2D eigenvalue weighted by atomic mass is 10.1. The SMILES string of the molecule is O=C(NC1(C(=O)O)CC1)C1CC(=O)N(c2ccccc2Br)C1. The van der Waals surface area contributed by atoms with Crippen LogP contribution in [0.5, 0.6) is 0 Å². The first kappa shape index (κ1) is 15.0. The van der Waals surface area contributed by atoms with Gasteiger partial charge in [-0.2, -0.15) is 0 Å². The number of hydrogen-bond donors (Lipinski definition) is 2. The number of rotatable bonds is 4. The monoisotopic (exact) mass is 366 g/mol. The molecular weight excluding hydrogens is 352 g/mol. The largest absolute Gasteiger partial charge is 0.480 e. The lowest BCUT2D eigenvalue weighted by Crippen LogP contribution is -2.46. The van der Waals surface area contributed by atoms with Crippen molar-refractivity contribution in [3.8, 4) is 0 Å². The molecule has 1 saturated carbocycles. The normalized spacial score (nSPS) is 22.5. The summed E-state index contributed by atoms with van der Waals surface area (Å²) in [6.07, 6.45) is 0.994. The maximum Gasteiger partial charge on any atom is 0.329 e. The summed E-state index contributed by atoms with van der Waals surface area (Å²) in [5, 5.41) is 11.7. The molecular formula is C15H15BrN2O4. The molecule has 116 valence electrons. The molecule has 1 unspecified atom stereocenters. The van der Waals surface area contributed by atoms with Crippen LogP contribution in [0.15, 0.2) is 28.7 Å². The van der Waals surface area contributed by atoms with Crippen LogP contribution in [0.4, 0.5) is 5.69 Å². The summed E-state index contributed by atoms with van der Waals surface area (Å²) in [6.45, 7) is 0.267. The Morgan fingerprint density at radius 2 is 2.00 bits per heavy atom. The van der Waals surface area contributed by atoms with Crippen molar-refractivity contribution in [1.29, 1.82) is 0 Å². The minimum absolute atomic E-state index is 0.100. The van der Waals surface area contributed by atoms with E-state index in [4.69, 9.17) is 5.11 Å². The van der Waals surface area contributed by atoms with Gasteiger partial charge in [0.1, 0.15) is 5.54 Å². The highest BCUT2D eigenvalue weighted by atomic mass is 79.9. The number of para-hydroxylation sites is 1. The molecule has 1 atom stereocenters. The van der Waals surface area contributed by atoms with Crippen LogP contribution in [-0.2, 0) is 14.4 Å². The van der Waals surface area contributed by atoms with E-state index in [1.54, 1.807) is 4.90 Å². The maximum absolute atomic E-state index is 12.2. The lowest BCUT2D eigenvalue weighted by molar-refractivity contribution is -0.143. The van der Waals surface area contributed by atoms with E-state index in [-0.39, 0.29) is 24.8 Å².